The summed E-state index contributed by atoms with van der Waals surface area (Å²) in [4.78, 5) is 10.9. The quantitative estimate of drug-likeness (QED) is 0.762. The molecule has 0 amide bonds. The Morgan fingerprint density at radius 2 is 2.20 bits per heavy atom. The second kappa shape index (κ2) is 3.65. The van der Waals surface area contributed by atoms with Crippen molar-refractivity contribution in [3.63, 3.8) is 0 Å². The number of hydrogen-bond donors (Lipinski definition) is 1. The van der Waals surface area contributed by atoms with Crippen molar-refractivity contribution in [1.82, 2.24) is 0 Å². The maximum Gasteiger partial charge on any atom is 0.336 e. The lowest BCUT2D eigenvalue weighted by Gasteiger charge is -2.06. The minimum atomic E-state index is -0.439. The predicted molar refractivity (Wildman–Crippen MR) is 55.3 cm³/mol. The maximum atomic E-state index is 10.9. The first-order valence-electron chi connectivity index (χ1n) is 4.60. The molecule has 1 heterocycles. The lowest BCUT2D eigenvalue weighted by atomic mass is 10.2. The van der Waals surface area contributed by atoms with Crippen molar-refractivity contribution in [1.29, 1.82) is 0 Å². The first kappa shape index (κ1) is 9.58. The number of ether oxygens (including phenoxy) is 1. The lowest BCUT2D eigenvalue weighted by Crippen LogP contribution is -1.96. The van der Waals surface area contributed by atoms with E-state index in [4.69, 9.17) is 9.15 Å². The second-order valence-corrected chi connectivity index (χ2v) is 3.05. The van der Waals surface area contributed by atoms with Crippen LogP contribution in [-0.2, 0) is 0 Å². The van der Waals surface area contributed by atoms with E-state index in [9.17, 15) is 9.90 Å². The van der Waals surface area contributed by atoms with Crippen LogP contribution in [0.4, 0.5) is 0 Å². The zero-order chi connectivity index (χ0) is 10.8. The number of rotatable bonds is 2. The first-order chi connectivity index (χ1) is 7.20. The van der Waals surface area contributed by atoms with Gasteiger partial charge in [-0.2, -0.15) is 0 Å². The molecule has 1 aromatic heterocycles. The van der Waals surface area contributed by atoms with Gasteiger partial charge in [0.2, 0.25) is 0 Å². The van der Waals surface area contributed by atoms with E-state index in [1.165, 1.54) is 12.1 Å². The molecule has 0 saturated heterocycles. The van der Waals surface area contributed by atoms with Gasteiger partial charge < -0.3 is 14.3 Å². The molecular formula is C11H10O4. The van der Waals surface area contributed by atoms with Crippen molar-refractivity contribution in [2.75, 3.05) is 6.61 Å². The molecule has 0 spiro atoms. The standard InChI is InChI=1S/C11H10O4/c1-2-14-10-5-7-3-4-11(13)15-9(7)6-8(10)12/h3-6,12H,2H2,1H3. The van der Waals surface area contributed by atoms with Crippen molar-refractivity contribution in [2.24, 2.45) is 0 Å². The molecule has 0 atom stereocenters. The van der Waals surface area contributed by atoms with E-state index in [-0.39, 0.29) is 5.75 Å². The van der Waals surface area contributed by atoms with Crippen LogP contribution in [0.25, 0.3) is 11.0 Å². The normalized spacial score (nSPS) is 10.5. The molecular weight excluding hydrogens is 196 g/mol. The third kappa shape index (κ3) is 1.79. The Balaban J connectivity index is 2.65. The van der Waals surface area contributed by atoms with Gasteiger partial charge in [-0.1, -0.05) is 0 Å². The first-order valence-corrected chi connectivity index (χ1v) is 4.60. The van der Waals surface area contributed by atoms with Crippen molar-refractivity contribution in [3.05, 3.63) is 34.7 Å². The van der Waals surface area contributed by atoms with Gasteiger partial charge in [0.05, 0.1) is 6.61 Å². The summed E-state index contributed by atoms with van der Waals surface area (Å²) in [6.07, 6.45) is 0. The molecule has 2 aromatic rings. The predicted octanol–water partition coefficient (Wildman–Crippen LogP) is 1.90. The number of hydrogen-bond acceptors (Lipinski definition) is 4. The summed E-state index contributed by atoms with van der Waals surface area (Å²) in [5.41, 5.74) is -0.0884. The Bertz CT molecular complexity index is 542. The van der Waals surface area contributed by atoms with Crippen molar-refractivity contribution < 1.29 is 14.3 Å². The summed E-state index contributed by atoms with van der Waals surface area (Å²) in [6.45, 7) is 2.30. The zero-order valence-corrected chi connectivity index (χ0v) is 8.19. The summed E-state index contributed by atoms with van der Waals surface area (Å²) < 4.78 is 10.1. The monoisotopic (exact) mass is 206 g/mol. The highest BCUT2D eigenvalue weighted by Crippen LogP contribution is 2.30. The lowest BCUT2D eigenvalue weighted by molar-refractivity contribution is 0.318. The van der Waals surface area contributed by atoms with Crippen LogP contribution in [0.1, 0.15) is 6.92 Å². The SMILES string of the molecule is CCOc1cc2ccc(=O)oc2cc1O. The van der Waals surface area contributed by atoms with Gasteiger partial charge in [0.25, 0.3) is 0 Å². The molecule has 0 aliphatic carbocycles. The van der Waals surface area contributed by atoms with Gasteiger partial charge in [-0.25, -0.2) is 4.79 Å². The molecule has 4 heteroatoms. The van der Waals surface area contributed by atoms with E-state index in [0.29, 0.717) is 17.9 Å². The Labute approximate surface area is 85.7 Å². The number of aromatic hydroxyl groups is 1. The minimum Gasteiger partial charge on any atom is -0.504 e. The van der Waals surface area contributed by atoms with Crippen molar-refractivity contribution >= 4 is 11.0 Å². The van der Waals surface area contributed by atoms with Crippen LogP contribution < -0.4 is 10.4 Å². The smallest absolute Gasteiger partial charge is 0.336 e. The summed E-state index contributed by atoms with van der Waals surface area (Å²) in [7, 11) is 0. The van der Waals surface area contributed by atoms with Crippen molar-refractivity contribution in [3.8, 4) is 11.5 Å². The van der Waals surface area contributed by atoms with Gasteiger partial charge in [-0.15, -0.1) is 0 Å². The third-order valence-electron chi connectivity index (χ3n) is 2.00. The van der Waals surface area contributed by atoms with Gasteiger partial charge in [0.1, 0.15) is 5.58 Å². The second-order valence-electron chi connectivity index (χ2n) is 3.05. The van der Waals surface area contributed by atoms with E-state index in [1.54, 1.807) is 12.1 Å². The molecule has 78 valence electrons. The van der Waals surface area contributed by atoms with E-state index >= 15 is 0 Å². The van der Waals surface area contributed by atoms with Crippen LogP contribution in [0, 0.1) is 0 Å². The van der Waals surface area contributed by atoms with Crippen LogP contribution in [-0.4, -0.2) is 11.7 Å². The van der Waals surface area contributed by atoms with Crippen LogP contribution >= 0.6 is 0 Å². The number of fused-ring (bicyclic) bond motifs is 1. The Morgan fingerprint density at radius 3 is 2.93 bits per heavy atom. The van der Waals surface area contributed by atoms with Crippen LogP contribution in [0.3, 0.4) is 0 Å². The topological polar surface area (TPSA) is 59.7 Å². The van der Waals surface area contributed by atoms with Crippen LogP contribution in [0.15, 0.2) is 33.5 Å². The molecule has 4 nitrogen and oxygen atoms in total. The summed E-state index contributed by atoms with van der Waals surface area (Å²) in [6, 6.07) is 5.97. The molecule has 0 radical (unpaired) electrons. The van der Waals surface area contributed by atoms with Crippen LogP contribution in [0.5, 0.6) is 11.5 Å². The van der Waals surface area contributed by atoms with Gasteiger partial charge in [0.15, 0.2) is 11.5 Å². The Kier molecular flexibility index (Phi) is 2.33. The molecule has 15 heavy (non-hydrogen) atoms. The third-order valence-corrected chi connectivity index (χ3v) is 2.00. The highest BCUT2D eigenvalue weighted by Gasteiger charge is 2.06. The molecule has 0 unspecified atom stereocenters. The molecule has 2 rings (SSSR count). The molecule has 0 aliphatic rings. The molecule has 1 N–H and O–H groups in total. The van der Waals surface area contributed by atoms with Gasteiger partial charge >= 0.3 is 5.63 Å². The van der Waals surface area contributed by atoms with Gasteiger partial charge in [-0.05, 0) is 19.1 Å². The fourth-order valence-electron chi connectivity index (χ4n) is 1.35. The van der Waals surface area contributed by atoms with Crippen LogP contribution in [0.2, 0.25) is 0 Å². The fourth-order valence-corrected chi connectivity index (χ4v) is 1.35. The number of phenols is 1. The molecule has 1 aromatic carbocycles. The fraction of sp³-hybridized carbons (Fsp3) is 0.182. The van der Waals surface area contributed by atoms with E-state index in [0.717, 1.165) is 5.39 Å². The number of benzene rings is 1. The van der Waals surface area contributed by atoms with Crippen molar-refractivity contribution in [2.45, 2.75) is 6.92 Å². The van der Waals surface area contributed by atoms with E-state index in [2.05, 4.69) is 0 Å². The minimum absolute atomic E-state index is 0.0290. The summed E-state index contributed by atoms with van der Waals surface area (Å²) in [5.74, 6) is 0.359. The Hall–Kier alpha value is -1.97. The summed E-state index contributed by atoms with van der Waals surface area (Å²) >= 11 is 0. The summed E-state index contributed by atoms with van der Waals surface area (Å²) in [5, 5.41) is 10.3. The average Bonchev–Trinajstić information content (AvgIpc) is 2.20. The molecule has 0 fully saturated rings. The largest absolute Gasteiger partial charge is 0.504 e. The highest BCUT2D eigenvalue weighted by molar-refractivity contribution is 5.80. The molecule has 0 aliphatic heterocycles. The maximum absolute atomic E-state index is 10.9. The van der Waals surface area contributed by atoms with Gasteiger partial charge in [-0.3, -0.25) is 0 Å². The number of phenolic OH excluding ortho intramolecular Hbond substituents is 1. The Morgan fingerprint density at radius 1 is 1.40 bits per heavy atom. The molecule has 0 saturated carbocycles. The van der Waals surface area contributed by atoms with E-state index in [1.807, 2.05) is 6.92 Å². The van der Waals surface area contributed by atoms with Gasteiger partial charge in [0, 0.05) is 17.5 Å². The zero-order valence-electron chi connectivity index (χ0n) is 8.19. The highest BCUT2D eigenvalue weighted by atomic mass is 16.5. The van der Waals surface area contributed by atoms with E-state index < -0.39 is 5.63 Å². The molecule has 0 bridgehead atoms. The average molecular weight is 206 g/mol.